The Morgan fingerprint density at radius 2 is 1.95 bits per heavy atom. The maximum Gasteiger partial charge on any atom is 0.257 e. The van der Waals surface area contributed by atoms with Crippen molar-refractivity contribution in [2.75, 3.05) is 13.2 Å². The van der Waals surface area contributed by atoms with Crippen LogP contribution in [0.3, 0.4) is 0 Å². The number of nitriles is 1. The molecule has 1 aromatic carbocycles. The molecule has 2 rings (SSSR count). The molecule has 1 aliphatic rings. The van der Waals surface area contributed by atoms with Gasteiger partial charge in [-0.1, -0.05) is 26.2 Å². The van der Waals surface area contributed by atoms with Crippen LogP contribution in [0.4, 0.5) is 0 Å². The quantitative estimate of drug-likeness (QED) is 0.905. The summed E-state index contributed by atoms with van der Waals surface area (Å²) < 4.78 is 5.42. The molecular weight excluding hydrogens is 264 g/mol. The first kappa shape index (κ1) is 15.4. The van der Waals surface area contributed by atoms with E-state index in [1.807, 2.05) is 6.07 Å². The van der Waals surface area contributed by atoms with Crippen molar-refractivity contribution in [2.45, 2.75) is 39.0 Å². The van der Waals surface area contributed by atoms with E-state index in [2.05, 4.69) is 12.2 Å². The predicted octanol–water partition coefficient (Wildman–Crippen LogP) is 3.02. The van der Waals surface area contributed by atoms with E-state index in [1.54, 1.807) is 24.3 Å². The summed E-state index contributed by atoms with van der Waals surface area (Å²) in [4.78, 5) is 11.8. The van der Waals surface area contributed by atoms with Crippen molar-refractivity contribution in [1.82, 2.24) is 5.32 Å². The third-order valence-corrected chi connectivity index (χ3v) is 4.13. The average molecular weight is 286 g/mol. The fourth-order valence-electron chi connectivity index (χ4n) is 2.72. The minimum absolute atomic E-state index is 0.0159. The number of amides is 1. The molecule has 21 heavy (non-hydrogen) atoms. The van der Waals surface area contributed by atoms with Crippen LogP contribution >= 0.6 is 0 Å². The first-order valence-electron chi connectivity index (χ1n) is 7.51. The van der Waals surface area contributed by atoms with Crippen molar-refractivity contribution in [3.8, 4) is 11.8 Å². The Morgan fingerprint density at radius 1 is 1.29 bits per heavy atom. The molecule has 4 heteroatoms. The number of carbonyl (C=O) groups is 1. The van der Waals surface area contributed by atoms with Gasteiger partial charge >= 0.3 is 0 Å². The van der Waals surface area contributed by atoms with Gasteiger partial charge in [0.05, 0.1) is 11.6 Å². The van der Waals surface area contributed by atoms with Gasteiger partial charge in [-0.05, 0) is 42.5 Å². The molecular formula is C17H22N2O2. The van der Waals surface area contributed by atoms with E-state index in [1.165, 1.54) is 32.1 Å². The third-order valence-electron chi connectivity index (χ3n) is 4.13. The van der Waals surface area contributed by atoms with Crippen molar-refractivity contribution in [3.63, 3.8) is 0 Å². The summed E-state index contributed by atoms with van der Waals surface area (Å²) in [5.74, 6) is 0.513. The maximum atomic E-state index is 11.8. The molecule has 1 aromatic rings. The Hall–Kier alpha value is -2.02. The van der Waals surface area contributed by atoms with Gasteiger partial charge in [-0.15, -0.1) is 0 Å². The largest absolute Gasteiger partial charge is 0.484 e. The number of ether oxygens (including phenoxy) is 1. The summed E-state index contributed by atoms with van der Waals surface area (Å²) in [7, 11) is 0. The van der Waals surface area contributed by atoms with Crippen LogP contribution in [-0.2, 0) is 4.79 Å². The molecule has 1 saturated carbocycles. The number of nitrogens with one attached hydrogen (secondary N) is 1. The van der Waals surface area contributed by atoms with Gasteiger partial charge in [0.2, 0.25) is 0 Å². The summed E-state index contributed by atoms with van der Waals surface area (Å²) in [6.45, 7) is 2.98. The van der Waals surface area contributed by atoms with Crippen molar-refractivity contribution in [3.05, 3.63) is 29.8 Å². The topological polar surface area (TPSA) is 62.1 Å². The van der Waals surface area contributed by atoms with Gasteiger partial charge in [0, 0.05) is 6.54 Å². The molecule has 4 nitrogen and oxygen atoms in total. The summed E-state index contributed by atoms with van der Waals surface area (Å²) in [6.07, 6.45) is 6.20. The van der Waals surface area contributed by atoms with Crippen molar-refractivity contribution >= 4 is 5.91 Å². The van der Waals surface area contributed by atoms with Gasteiger partial charge in [-0.2, -0.15) is 5.26 Å². The van der Waals surface area contributed by atoms with Gasteiger partial charge in [0.1, 0.15) is 5.75 Å². The van der Waals surface area contributed by atoms with Crippen LogP contribution in [0.2, 0.25) is 0 Å². The molecule has 0 aromatic heterocycles. The van der Waals surface area contributed by atoms with Crippen LogP contribution in [0.25, 0.3) is 0 Å². The molecule has 1 aliphatic carbocycles. The zero-order valence-corrected chi connectivity index (χ0v) is 12.5. The van der Waals surface area contributed by atoms with E-state index in [9.17, 15) is 4.79 Å². The summed E-state index contributed by atoms with van der Waals surface area (Å²) in [6, 6.07) is 8.80. The monoisotopic (exact) mass is 286 g/mol. The second-order valence-corrected chi connectivity index (χ2v) is 6.07. The van der Waals surface area contributed by atoms with Crippen molar-refractivity contribution in [1.29, 1.82) is 5.26 Å². The smallest absolute Gasteiger partial charge is 0.257 e. The number of nitrogens with zero attached hydrogens (tertiary/aromatic N) is 1. The average Bonchev–Trinajstić information content (AvgIpc) is 2.52. The fraction of sp³-hybridized carbons (Fsp3) is 0.529. The highest BCUT2D eigenvalue weighted by Crippen LogP contribution is 2.34. The zero-order chi connectivity index (χ0) is 15.1. The Kier molecular flexibility index (Phi) is 5.21. The van der Waals surface area contributed by atoms with Gasteiger partial charge in [-0.25, -0.2) is 0 Å². The molecule has 1 amide bonds. The second-order valence-electron chi connectivity index (χ2n) is 6.07. The highest BCUT2D eigenvalue weighted by atomic mass is 16.5. The van der Waals surface area contributed by atoms with Gasteiger partial charge in [-0.3, -0.25) is 4.79 Å². The summed E-state index contributed by atoms with van der Waals surface area (Å²) >= 11 is 0. The highest BCUT2D eigenvalue weighted by Gasteiger charge is 2.27. The number of hydrogen-bond donors (Lipinski definition) is 1. The lowest BCUT2D eigenvalue weighted by Gasteiger charge is -2.33. The van der Waals surface area contributed by atoms with E-state index >= 15 is 0 Å². The first-order valence-corrected chi connectivity index (χ1v) is 7.51. The molecule has 0 saturated heterocycles. The van der Waals surface area contributed by atoms with Gasteiger partial charge in [0.15, 0.2) is 6.61 Å². The van der Waals surface area contributed by atoms with E-state index in [0.717, 1.165) is 6.54 Å². The van der Waals surface area contributed by atoms with Crippen LogP contribution in [0.15, 0.2) is 24.3 Å². The number of carbonyl (C=O) groups excluding carboxylic acids is 1. The van der Waals surface area contributed by atoms with Crippen LogP contribution in [0.5, 0.6) is 5.75 Å². The molecule has 0 spiro atoms. The minimum atomic E-state index is -0.0915. The molecule has 0 unspecified atom stereocenters. The lowest BCUT2D eigenvalue weighted by molar-refractivity contribution is -0.123. The highest BCUT2D eigenvalue weighted by molar-refractivity contribution is 5.77. The number of rotatable bonds is 5. The Balaban J connectivity index is 1.73. The Labute approximate surface area is 126 Å². The normalized spacial score (nSPS) is 16.8. The van der Waals surface area contributed by atoms with E-state index in [4.69, 9.17) is 10.00 Å². The van der Waals surface area contributed by atoms with Crippen molar-refractivity contribution < 1.29 is 9.53 Å². The van der Waals surface area contributed by atoms with E-state index in [-0.39, 0.29) is 17.9 Å². The van der Waals surface area contributed by atoms with E-state index in [0.29, 0.717) is 11.3 Å². The third kappa shape index (κ3) is 4.78. The Morgan fingerprint density at radius 3 is 2.57 bits per heavy atom. The minimum Gasteiger partial charge on any atom is -0.484 e. The van der Waals surface area contributed by atoms with Crippen LogP contribution in [0.1, 0.15) is 44.6 Å². The Bertz CT molecular complexity index is 511. The standard InChI is InChI=1S/C17H22N2O2/c1-17(9-3-2-4-10-17)13-19-16(20)12-21-15-7-5-14(11-18)6-8-15/h5-8H,2-4,9-10,12-13H2,1H3,(H,19,20). The molecule has 1 fully saturated rings. The van der Waals surface area contributed by atoms with Crippen LogP contribution in [-0.4, -0.2) is 19.1 Å². The lowest BCUT2D eigenvalue weighted by Crippen LogP contribution is -2.39. The summed E-state index contributed by atoms with van der Waals surface area (Å²) in [5, 5.41) is 11.7. The zero-order valence-electron chi connectivity index (χ0n) is 12.5. The molecule has 1 N–H and O–H groups in total. The molecule has 0 radical (unpaired) electrons. The molecule has 0 aliphatic heterocycles. The number of benzene rings is 1. The molecule has 0 bridgehead atoms. The van der Waals surface area contributed by atoms with Gasteiger partial charge in [0.25, 0.3) is 5.91 Å². The lowest BCUT2D eigenvalue weighted by atomic mass is 9.76. The maximum absolute atomic E-state index is 11.8. The van der Waals surface area contributed by atoms with Crippen molar-refractivity contribution in [2.24, 2.45) is 5.41 Å². The van der Waals surface area contributed by atoms with Crippen LogP contribution < -0.4 is 10.1 Å². The fourth-order valence-corrected chi connectivity index (χ4v) is 2.72. The summed E-state index contributed by atoms with van der Waals surface area (Å²) in [5.41, 5.74) is 0.819. The van der Waals surface area contributed by atoms with Gasteiger partial charge < -0.3 is 10.1 Å². The number of hydrogen-bond acceptors (Lipinski definition) is 3. The van der Waals surface area contributed by atoms with E-state index < -0.39 is 0 Å². The SMILES string of the molecule is CC1(CNC(=O)COc2ccc(C#N)cc2)CCCCC1. The first-order chi connectivity index (χ1) is 10.1. The molecule has 112 valence electrons. The second kappa shape index (κ2) is 7.12. The molecule has 0 heterocycles. The van der Waals surface area contributed by atoms with Crippen LogP contribution in [0, 0.1) is 16.7 Å². The predicted molar refractivity (Wildman–Crippen MR) is 80.9 cm³/mol. The molecule has 0 atom stereocenters.